The van der Waals surface area contributed by atoms with Crippen molar-refractivity contribution in [3.63, 3.8) is 0 Å². The Kier molecular flexibility index (Phi) is 3.91. The van der Waals surface area contributed by atoms with E-state index >= 15 is 0 Å². The van der Waals surface area contributed by atoms with Crippen LogP contribution in [0.15, 0.2) is 103 Å². The lowest BCUT2D eigenvalue weighted by Gasteiger charge is -2.10. The Hall–Kier alpha value is -3.19. The first kappa shape index (κ1) is 14.4. The molecule has 4 rings (SSSR count). The summed E-state index contributed by atoms with van der Waals surface area (Å²) in [6, 6.07) is 35.4. The summed E-state index contributed by atoms with van der Waals surface area (Å²) >= 11 is 0. The molecule has 0 saturated heterocycles. The molecule has 1 aromatic heterocycles. The number of nitrogens with zero attached hydrogens (tertiary/aromatic N) is 1. The maximum absolute atomic E-state index is 4.90. The van der Waals surface area contributed by atoms with Crippen LogP contribution in [0.5, 0.6) is 0 Å². The van der Waals surface area contributed by atoms with Gasteiger partial charge in [0.15, 0.2) is 0 Å². The number of hydrogen-bond acceptors (Lipinski definition) is 1. The Morgan fingerprint density at radius 2 is 0.917 bits per heavy atom. The molecule has 0 saturated carbocycles. The molecule has 0 spiro atoms. The first-order valence-corrected chi connectivity index (χ1v) is 8.09. The van der Waals surface area contributed by atoms with Crippen molar-refractivity contribution in [3.05, 3.63) is 103 Å². The molecule has 0 aliphatic rings. The molecule has 0 unspecified atom stereocenters. The molecule has 3 aromatic carbocycles. The van der Waals surface area contributed by atoms with Gasteiger partial charge in [0, 0.05) is 11.1 Å². The van der Waals surface area contributed by atoms with Crippen LogP contribution in [0, 0.1) is 0 Å². The molecule has 0 amide bonds. The minimum absolute atomic E-state index is 0.996. The molecule has 1 heteroatoms. The van der Waals surface area contributed by atoms with Crippen molar-refractivity contribution in [1.29, 1.82) is 0 Å². The molecule has 0 bridgehead atoms. The summed E-state index contributed by atoms with van der Waals surface area (Å²) in [4.78, 5) is 4.90. The van der Waals surface area contributed by atoms with Crippen molar-refractivity contribution in [1.82, 2.24) is 4.98 Å². The van der Waals surface area contributed by atoms with E-state index in [0.717, 1.165) is 22.5 Å². The van der Waals surface area contributed by atoms with E-state index in [1.54, 1.807) is 0 Å². The van der Waals surface area contributed by atoms with Crippen LogP contribution in [-0.2, 0) is 0 Å². The van der Waals surface area contributed by atoms with Gasteiger partial charge in [-0.15, -0.1) is 0 Å². The predicted octanol–water partition coefficient (Wildman–Crippen LogP) is 6.08. The zero-order chi connectivity index (χ0) is 16.2. The van der Waals surface area contributed by atoms with E-state index in [9.17, 15) is 0 Å². The van der Waals surface area contributed by atoms with Crippen LogP contribution < -0.4 is 0 Å². The number of benzene rings is 3. The van der Waals surface area contributed by atoms with Crippen LogP contribution in [0.1, 0.15) is 0 Å². The van der Waals surface area contributed by atoms with E-state index < -0.39 is 0 Å². The van der Waals surface area contributed by atoms with E-state index in [1.807, 2.05) is 24.3 Å². The van der Waals surface area contributed by atoms with E-state index in [2.05, 4.69) is 78.9 Å². The lowest BCUT2D eigenvalue weighted by atomic mass is 9.97. The molecule has 1 nitrogen and oxygen atoms in total. The first-order chi connectivity index (χ1) is 11.9. The van der Waals surface area contributed by atoms with Crippen molar-refractivity contribution < 1.29 is 0 Å². The fourth-order valence-electron chi connectivity index (χ4n) is 2.93. The van der Waals surface area contributed by atoms with E-state index in [1.165, 1.54) is 11.1 Å². The second-order valence-corrected chi connectivity index (χ2v) is 5.69. The number of aromatic nitrogens is 1. The molecular formula is C23H17N. The molecule has 24 heavy (non-hydrogen) atoms. The van der Waals surface area contributed by atoms with Crippen molar-refractivity contribution in [3.8, 4) is 33.6 Å². The zero-order valence-electron chi connectivity index (χ0n) is 13.3. The van der Waals surface area contributed by atoms with Crippen molar-refractivity contribution >= 4 is 0 Å². The average Bonchev–Trinajstić information content (AvgIpc) is 2.69. The van der Waals surface area contributed by atoms with Gasteiger partial charge in [0.25, 0.3) is 0 Å². The Bertz CT molecular complexity index is 944. The van der Waals surface area contributed by atoms with E-state index in [-0.39, 0.29) is 0 Å². The van der Waals surface area contributed by atoms with Crippen LogP contribution in [0.3, 0.4) is 0 Å². The van der Waals surface area contributed by atoms with Gasteiger partial charge in [0.1, 0.15) is 0 Å². The summed E-state index contributed by atoms with van der Waals surface area (Å²) in [5.74, 6) is 0. The first-order valence-electron chi connectivity index (χ1n) is 8.09. The molecule has 0 fully saturated rings. The number of rotatable bonds is 3. The predicted molar refractivity (Wildman–Crippen MR) is 101 cm³/mol. The molecule has 1 heterocycles. The van der Waals surface area contributed by atoms with Gasteiger partial charge in [0.05, 0.1) is 11.4 Å². The van der Waals surface area contributed by atoms with Crippen LogP contribution in [-0.4, -0.2) is 4.98 Å². The van der Waals surface area contributed by atoms with Crippen LogP contribution in [0.2, 0.25) is 0 Å². The third kappa shape index (κ3) is 2.84. The number of pyridine rings is 1. The Labute approximate surface area is 142 Å². The smallest absolute Gasteiger partial charge is 0.0715 e. The lowest BCUT2D eigenvalue weighted by molar-refractivity contribution is 1.32. The fraction of sp³-hybridized carbons (Fsp3) is 0. The summed E-state index contributed by atoms with van der Waals surface area (Å²) in [7, 11) is 0. The molecule has 0 radical (unpaired) electrons. The second kappa shape index (κ2) is 6.51. The Morgan fingerprint density at radius 3 is 1.62 bits per heavy atom. The highest BCUT2D eigenvalue weighted by Crippen LogP contribution is 2.31. The maximum atomic E-state index is 4.90. The van der Waals surface area contributed by atoms with Gasteiger partial charge in [0.2, 0.25) is 0 Å². The average molecular weight is 307 g/mol. The molecular weight excluding hydrogens is 290 g/mol. The van der Waals surface area contributed by atoms with Gasteiger partial charge < -0.3 is 0 Å². The van der Waals surface area contributed by atoms with Gasteiger partial charge in [-0.05, 0) is 23.3 Å². The highest BCUT2D eigenvalue weighted by atomic mass is 14.7. The largest absolute Gasteiger partial charge is 0.248 e. The van der Waals surface area contributed by atoms with Crippen LogP contribution >= 0.6 is 0 Å². The summed E-state index contributed by atoms with van der Waals surface area (Å²) in [5.41, 5.74) is 6.70. The quantitative estimate of drug-likeness (QED) is 0.447. The number of hydrogen-bond donors (Lipinski definition) is 0. The minimum atomic E-state index is 0.996. The summed E-state index contributed by atoms with van der Waals surface area (Å²) < 4.78 is 0. The topological polar surface area (TPSA) is 12.9 Å². The van der Waals surface area contributed by atoms with Crippen LogP contribution in [0.4, 0.5) is 0 Å². The highest BCUT2D eigenvalue weighted by molar-refractivity contribution is 5.82. The van der Waals surface area contributed by atoms with Crippen molar-refractivity contribution in [2.75, 3.05) is 0 Å². The van der Waals surface area contributed by atoms with Gasteiger partial charge >= 0.3 is 0 Å². The monoisotopic (exact) mass is 307 g/mol. The second-order valence-electron chi connectivity index (χ2n) is 5.69. The van der Waals surface area contributed by atoms with E-state index in [0.29, 0.717) is 0 Å². The maximum Gasteiger partial charge on any atom is 0.0715 e. The normalized spacial score (nSPS) is 10.5. The Balaban J connectivity index is 1.84. The van der Waals surface area contributed by atoms with E-state index in [4.69, 9.17) is 4.98 Å². The molecule has 0 aliphatic heterocycles. The van der Waals surface area contributed by atoms with Gasteiger partial charge in [-0.1, -0.05) is 91.0 Å². The van der Waals surface area contributed by atoms with Gasteiger partial charge in [-0.25, -0.2) is 4.98 Å². The van der Waals surface area contributed by atoms with Crippen LogP contribution in [0.25, 0.3) is 33.6 Å². The van der Waals surface area contributed by atoms with Gasteiger partial charge in [-0.2, -0.15) is 0 Å². The van der Waals surface area contributed by atoms with Crippen molar-refractivity contribution in [2.45, 2.75) is 0 Å². The molecule has 4 aromatic rings. The Morgan fingerprint density at radius 1 is 0.375 bits per heavy atom. The minimum Gasteiger partial charge on any atom is -0.248 e. The van der Waals surface area contributed by atoms with Gasteiger partial charge in [-0.3, -0.25) is 0 Å². The van der Waals surface area contributed by atoms with Crippen molar-refractivity contribution in [2.24, 2.45) is 0 Å². The molecule has 0 aliphatic carbocycles. The molecule has 114 valence electrons. The lowest BCUT2D eigenvalue weighted by Crippen LogP contribution is -1.90. The summed E-state index contributed by atoms with van der Waals surface area (Å²) in [6.45, 7) is 0. The zero-order valence-corrected chi connectivity index (χ0v) is 13.3. The molecule has 0 N–H and O–H groups in total. The summed E-state index contributed by atoms with van der Waals surface area (Å²) in [5, 5.41) is 0. The third-order valence-electron chi connectivity index (χ3n) is 4.11. The fourth-order valence-corrected chi connectivity index (χ4v) is 2.93. The molecule has 0 atom stereocenters. The highest BCUT2D eigenvalue weighted by Gasteiger charge is 2.09. The SMILES string of the molecule is c1ccc(-c2cccc(-c3ccccc3-c3ccccc3)n2)cc1. The standard InChI is InChI=1S/C23H17N/c1-3-10-18(11-4-1)20-14-7-8-15-21(20)23-17-9-16-22(24-23)19-12-5-2-6-13-19/h1-17H. The third-order valence-corrected chi connectivity index (χ3v) is 4.11. The summed E-state index contributed by atoms with van der Waals surface area (Å²) in [6.07, 6.45) is 0.